The fourth-order valence-corrected chi connectivity index (χ4v) is 2.16. The first kappa shape index (κ1) is 13.4. The van der Waals surface area contributed by atoms with Crippen LogP contribution in [0.2, 0.25) is 0 Å². The summed E-state index contributed by atoms with van der Waals surface area (Å²) in [5, 5.41) is 2.41. The van der Waals surface area contributed by atoms with Gasteiger partial charge in [0.05, 0.1) is 0 Å². The fourth-order valence-electron chi connectivity index (χ4n) is 2.16. The summed E-state index contributed by atoms with van der Waals surface area (Å²) in [7, 11) is 5.52. The highest BCUT2D eigenvalue weighted by Crippen LogP contribution is 2.22. The van der Waals surface area contributed by atoms with Crippen molar-refractivity contribution in [3.05, 3.63) is 42.5 Å². The Morgan fingerprint density at radius 2 is 1.63 bits per heavy atom. The quantitative estimate of drug-likeness (QED) is 0.843. The van der Waals surface area contributed by atoms with Gasteiger partial charge < -0.3 is 9.80 Å². The van der Waals surface area contributed by atoms with Gasteiger partial charge in [0.25, 0.3) is 0 Å². The van der Waals surface area contributed by atoms with Gasteiger partial charge >= 0.3 is 0 Å². The van der Waals surface area contributed by atoms with E-state index in [1.807, 2.05) is 31.0 Å². The molecule has 100 valence electrons. The first-order valence-corrected chi connectivity index (χ1v) is 6.43. The van der Waals surface area contributed by atoms with Crippen molar-refractivity contribution in [3.63, 3.8) is 0 Å². The smallest absolute Gasteiger partial charge is 0.244 e. The molecule has 1 atom stereocenters. The molecule has 0 aliphatic heterocycles. The predicted octanol–water partition coefficient (Wildman–Crippen LogP) is 2.75. The van der Waals surface area contributed by atoms with Gasteiger partial charge in [0.2, 0.25) is 5.91 Å². The summed E-state index contributed by atoms with van der Waals surface area (Å²) in [6.07, 6.45) is 0. The molecule has 19 heavy (non-hydrogen) atoms. The number of benzene rings is 2. The number of nitrogens with zero attached hydrogens (tertiary/aromatic N) is 2. The predicted molar refractivity (Wildman–Crippen MR) is 80.5 cm³/mol. The van der Waals surface area contributed by atoms with E-state index < -0.39 is 0 Å². The Labute approximate surface area is 114 Å². The maximum Gasteiger partial charge on any atom is 0.244 e. The van der Waals surface area contributed by atoms with E-state index in [9.17, 15) is 4.79 Å². The lowest BCUT2D eigenvalue weighted by Gasteiger charge is -2.28. The summed E-state index contributed by atoms with van der Waals surface area (Å²) in [5.41, 5.74) is 1.06. The van der Waals surface area contributed by atoms with Crippen LogP contribution in [-0.4, -0.2) is 38.0 Å². The van der Waals surface area contributed by atoms with E-state index in [2.05, 4.69) is 30.3 Å². The Balaban J connectivity index is 2.31. The Morgan fingerprint density at radius 3 is 2.26 bits per heavy atom. The standard InChI is InChI=1S/C16H20N2O/c1-12(16(19)17(2)3)18(4)15-10-9-13-7-5-6-8-14(13)11-15/h5-12H,1-4H3. The van der Waals surface area contributed by atoms with Gasteiger partial charge in [-0.3, -0.25) is 4.79 Å². The number of rotatable bonds is 3. The SMILES string of the molecule is CC(C(=O)N(C)C)N(C)c1ccc2ccccc2c1. The van der Waals surface area contributed by atoms with E-state index in [0.717, 1.165) is 5.69 Å². The molecule has 0 N–H and O–H groups in total. The van der Waals surface area contributed by atoms with Gasteiger partial charge in [-0.05, 0) is 29.8 Å². The maximum absolute atomic E-state index is 12.0. The second-order valence-corrected chi connectivity index (χ2v) is 5.05. The molecule has 0 saturated carbocycles. The minimum absolute atomic E-state index is 0.107. The van der Waals surface area contributed by atoms with E-state index in [1.165, 1.54) is 10.8 Å². The summed E-state index contributed by atoms with van der Waals surface area (Å²) < 4.78 is 0. The molecule has 3 nitrogen and oxygen atoms in total. The normalized spacial score (nSPS) is 12.2. The molecule has 1 amide bonds. The van der Waals surface area contributed by atoms with Crippen LogP contribution in [0.3, 0.4) is 0 Å². The summed E-state index contributed by atoms with van der Waals surface area (Å²) in [6, 6.07) is 14.3. The van der Waals surface area contributed by atoms with Crippen molar-refractivity contribution in [1.29, 1.82) is 0 Å². The summed E-state index contributed by atoms with van der Waals surface area (Å²) in [5.74, 6) is 0.107. The highest BCUT2D eigenvalue weighted by Gasteiger charge is 2.19. The first-order valence-electron chi connectivity index (χ1n) is 6.43. The third-order valence-electron chi connectivity index (χ3n) is 3.52. The molecule has 2 rings (SSSR count). The summed E-state index contributed by atoms with van der Waals surface area (Å²) in [6.45, 7) is 1.93. The fraction of sp³-hybridized carbons (Fsp3) is 0.312. The van der Waals surface area contributed by atoms with Crippen LogP contribution in [-0.2, 0) is 4.79 Å². The van der Waals surface area contributed by atoms with Crippen LogP contribution in [0.25, 0.3) is 10.8 Å². The third kappa shape index (κ3) is 2.70. The molecule has 0 radical (unpaired) electrons. The molecule has 2 aromatic carbocycles. The van der Waals surface area contributed by atoms with Crippen molar-refractivity contribution in [2.45, 2.75) is 13.0 Å². The Morgan fingerprint density at radius 1 is 1.00 bits per heavy atom. The topological polar surface area (TPSA) is 23.6 Å². The summed E-state index contributed by atoms with van der Waals surface area (Å²) >= 11 is 0. The number of carbonyl (C=O) groups is 1. The van der Waals surface area contributed by atoms with E-state index in [1.54, 1.807) is 19.0 Å². The zero-order valence-electron chi connectivity index (χ0n) is 11.9. The second kappa shape index (κ2) is 5.31. The van der Waals surface area contributed by atoms with E-state index in [4.69, 9.17) is 0 Å². The lowest BCUT2D eigenvalue weighted by molar-refractivity contribution is -0.129. The minimum Gasteiger partial charge on any atom is -0.363 e. The average molecular weight is 256 g/mol. The molecular formula is C16H20N2O. The molecule has 0 saturated heterocycles. The lowest BCUT2D eigenvalue weighted by atomic mass is 10.1. The van der Waals surface area contributed by atoms with E-state index in [0.29, 0.717) is 0 Å². The molecule has 0 spiro atoms. The van der Waals surface area contributed by atoms with Crippen LogP contribution in [0.15, 0.2) is 42.5 Å². The molecule has 3 heteroatoms. The van der Waals surface area contributed by atoms with Crippen molar-refractivity contribution in [1.82, 2.24) is 4.90 Å². The maximum atomic E-state index is 12.0. The molecular weight excluding hydrogens is 236 g/mol. The van der Waals surface area contributed by atoms with Crippen LogP contribution < -0.4 is 4.90 Å². The van der Waals surface area contributed by atoms with Crippen LogP contribution in [0, 0.1) is 0 Å². The minimum atomic E-state index is -0.170. The monoisotopic (exact) mass is 256 g/mol. The van der Waals surface area contributed by atoms with Gasteiger partial charge in [-0.15, -0.1) is 0 Å². The highest BCUT2D eigenvalue weighted by atomic mass is 16.2. The van der Waals surface area contributed by atoms with Gasteiger partial charge in [0.15, 0.2) is 0 Å². The van der Waals surface area contributed by atoms with Crippen molar-refractivity contribution in [2.75, 3.05) is 26.0 Å². The van der Waals surface area contributed by atoms with Crippen LogP contribution >= 0.6 is 0 Å². The van der Waals surface area contributed by atoms with Gasteiger partial charge in [0.1, 0.15) is 6.04 Å². The second-order valence-electron chi connectivity index (χ2n) is 5.05. The molecule has 0 fully saturated rings. The zero-order chi connectivity index (χ0) is 14.0. The summed E-state index contributed by atoms with van der Waals surface area (Å²) in [4.78, 5) is 15.6. The van der Waals surface area contributed by atoms with Crippen molar-refractivity contribution in [2.24, 2.45) is 0 Å². The molecule has 0 aliphatic rings. The molecule has 0 aliphatic carbocycles. The number of carbonyl (C=O) groups excluding carboxylic acids is 1. The number of amides is 1. The lowest BCUT2D eigenvalue weighted by Crippen LogP contribution is -2.42. The van der Waals surface area contributed by atoms with Gasteiger partial charge in [-0.25, -0.2) is 0 Å². The Bertz CT molecular complexity index is 592. The van der Waals surface area contributed by atoms with Crippen molar-refractivity contribution < 1.29 is 4.79 Å². The Kier molecular flexibility index (Phi) is 3.74. The number of hydrogen-bond acceptors (Lipinski definition) is 2. The van der Waals surface area contributed by atoms with Gasteiger partial charge in [-0.1, -0.05) is 30.3 Å². The number of anilines is 1. The average Bonchev–Trinajstić information content (AvgIpc) is 2.44. The number of likely N-dealkylation sites (N-methyl/N-ethyl adjacent to an activating group) is 2. The van der Waals surface area contributed by atoms with E-state index >= 15 is 0 Å². The molecule has 2 aromatic rings. The molecule has 1 unspecified atom stereocenters. The van der Waals surface area contributed by atoms with Crippen molar-refractivity contribution >= 4 is 22.4 Å². The van der Waals surface area contributed by atoms with Gasteiger partial charge in [0, 0.05) is 26.8 Å². The third-order valence-corrected chi connectivity index (χ3v) is 3.52. The molecule has 0 aromatic heterocycles. The number of hydrogen-bond donors (Lipinski definition) is 0. The Hall–Kier alpha value is -2.03. The highest BCUT2D eigenvalue weighted by molar-refractivity contribution is 5.88. The van der Waals surface area contributed by atoms with Gasteiger partial charge in [-0.2, -0.15) is 0 Å². The van der Waals surface area contributed by atoms with Crippen molar-refractivity contribution in [3.8, 4) is 0 Å². The first-order chi connectivity index (χ1) is 9.00. The molecule has 0 bridgehead atoms. The van der Waals surface area contributed by atoms with Crippen LogP contribution in [0.4, 0.5) is 5.69 Å². The molecule has 0 heterocycles. The zero-order valence-corrected chi connectivity index (χ0v) is 11.9. The van der Waals surface area contributed by atoms with E-state index in [-0.39, 0.29) is 11.9 Å². The largest absolute Gasteiger partial charge is 0.363 e. The van der Waals surface area contributed by atoms with Crippen LogP contribution in [0.1, 0.15) is 6.92 Å². The van der Waals surface area contributed by atoms with Crippen LogP contribution in [0.5, 0.6) is 0 Å². The number of fused-ring (bicyclic) bond motifs is 1.